The monoisotopic (exact) mass is 403 g/mol. The van der Waals surface area contributed by atoms with Crippen molar-refractivity contribution in [2.45, 2.75) is 25.7 Å². The number of thiophene rings is 1. The van der Waals surface area contributed by atoms with E-state index in [9.17, 15) is 9.90 Å². The molecular formula is C18H18ClN5O2S. The van der Waals surface area contributed by atoms with Gasteiger partial charge < -0.3 is 16.2 Å². The summed E-state index contributed by atoms with van der Waals surface area (Å²) in [7, 11) is 0. The number of aromatic nitrogens is 2. The van der Waals surface area contributed by atoms with Gasteiger partial charge in [0.15, 0.2) is 6.35 Å². The van der Waals surface area contributed by atoms with Crippen LogP contribution in [0.4, 0.5) is 5.00 Å². The van der Waals surface area contributed by atoms with Crippen LogP contribution in [0.15, 0.2) is 30.5 Å². The van der Waals surface area contributed by atoms with Crippen molar-refractivity contribution in [3.63, 3.8) is 0 Å². The summed E-state index contributed by atoms with van der Waals surface area (Å²) < 4.78 is 1.94. The van der Waals surface area contributed by atoms with Crippen LogP contribution in [0.2, 0.25) is 5.02 Å². The molecule has 140 valence electrons. The number of nitrogens with one attached hydrogen (secondary N) is 1. The number of carbonyl (C=O) groups is 1. The zero-order valence-corrected chi connectivity index (χ0v) is 15.8. The van der Waals surface area contributed by atoms with Gasteiger partial charge in [-0.2, -0.15) is 5.10 Å². The zero-order chi connectivity index (χ0) is 19.1. The number of aliphatic hydroxyl groups is 1. The first kappa shape index (κ1) is 18.0. The molecule has 1 amide bonds. The van der Waals surface area contributed by atoms with Crippen LogP contribution < -0.4 is 16.8 Å². The van der Waals surface area contributed by atoms with Gasteiger partial charge >= 0.3 is 0 Å². The van der Waals surface area contributed by atoms with Crippen molar-refractivity contribution in [3.05, 3.63) is 57.9 Å². The first-order valence-electron chi connectivity index (χ1n) is 8.39. The van der Waals surface area contributed by atoms with Crippen LogP contribution in [0.1, 0.15) is 27.2 Å². The van der Waals surface area contributed by atoms with Gasteiger partial charge in [0.05, 0.1) is 18.3 Å². The molecule has 27 heavy (non-hydrogen) atoms. The second kappa shape index (κ2) is 6.97. The Morgan fingerprint density at radius 3 is 2.89 bits per heavy atom. The summed E-state index contributed by atoms with van der Waals surface area (Å²) in [5.41, 5.74) is 15.3. The van der Waals surface area contributed by atoms with Crippen molar-refractivity contribution in [2.75, 3.05) is 5.32 Å². The van der Waals surface area contributed by atoms with E-state index in [1.54, 1.807) is 6.20 Å². The highest BCUT2D eigenvalue weighted by Gasteiger charge is 2.29. The summed E-state index contributed by atoms with van der Waals surface area (Å²) in [6, 6.07) is 7.68. The summed E-state index contributed by atoms with van der Waals surface area (Å²) in [5.74, 6) is -0.539. The molecule has 0 spiro atoms. The van der Waals surface area contributed by atoms with E-state index in [1.165, 1.54) is 11.3 Å². The molecule has 9 heteroatoms. The van der Waals surface area contributed by atoms with Crippen LogP contribution in [0, 0.1) is 0 Å². The van der Waals surface area contributed by atoms with Crippen LogP contribution >= 0.6 is 22.9 Å². The molecule has 2 heterocycles. The Morgan fingerprint density at radius 1 is 1.41 bits per heavy atom. The maximum Gasteiger partial charge on any atom is 0.251 e. The van der Waals surface area contributed by atoms with Crippen molar-refractivity contribution in [3.8, 4) is 10.4 Å². The van der Waals surface area contributed by atoms with Crippen molar-refractivity contribution in [2.24, 2.45) is 11.5 Å². The highest BCUT2D eigenvalue weighted by molar-refractivity contribution is 7.20. The number of hydrogen-bond acceptors (Lipinski definition) is 6. The van der Waals surface area contributed by atoms with Crippen LogP contribution in [-0.4, -0.2) is 27.1 Å². The van der Waals surface area contributed by atoms with Gasteiger partial charge in [0, 0.05) is 21.2 Å². The number of hydrogen-bond donors (Lipinski definition) is 4. The predicted octanol–water partition coefficient (Wildman–Crippen LogP) is 2.16. The Morgan fingerprint density at radius 2 is 2.19 bits per heavy atom. The molecule has 3 aromatic rings. The van der Waals surface area contributed by atoms with E-state index in [0.717, 1.165) is 33.7 Å². The zero-order valence-electron chi connectivity index (χ0n) is 14.3. The second-order valence-electron chi connectivity index (χ2n) is 6.32. The molecule has 4 rings (SSSR count). The maximum absolute atomic E-state index is 12.0. The number of halogens is 1. The van der Waals surface area contributed by atoms with E-state index in [0.29, 0.717) is 28.6 Å². The number of primary amides is 1. The lowest BCUT2D eigenvalue weighted by atomic mass is 9.93. The number of rotatable bonds is 5. The Bertz CT molecular complexity index is 1030. The molecule has 1 aliphatic rings. The lowest BCUT2D eigenvalue weighted by Gasteiger charge is -2.16. The maximum atomic E-state index is 12.0. The van der Waals surface area contributed by atoms with Gasteiger partial charge in [-0.3, -0.25) is 15.2 Å². The third-order valence-corrected chi connectivity index (χ3v) is 6.18. The Balaban J connectivity index is 1.76. The molecule has 1 aromatic carbocycles. The minimum absolute atomic E-state index is 0.393. The highest BCUT2D eigenvalue weighted by Crippen LogP contribution is 2.45. The van der Waals surface area contributed by atoms with E-state index in [1.807, 2.05) is 28.9 Å². The Kier molecular flexibility index (Phi) is 4.65. The number of nitrogens with two attached hydrogens (primary N) is 2. The van der Waals surface area contributed by atoms with E-state index in [4.69, 9.17) is 23.1 Å². The summed E-state index contributed by atoms with van der Waals surface area (Å²) in [6.07, 6.45) is 1.92. The lowest BCUT2D eigenvalue weighted by Crippen LogP contribution is -2.29. The molecule has 2 aromatic heterocycles. The van der Waals surface area contributed by atoms with Crippen LogP contribution in [-0.2, 0) is 19.4 Å². The van der Waals surface area contributed by atoms with Gasteiger partial charge in [-0.05, 0) is 30.0 Å². The fourth-order valence-electron chi connectivity index (χ4n) is 3.45. The average molecular weight is 404 g/mol. The number of fused-ring (bicyclic) bond motifs is 3. The fraction of sp³-hybridized carbons (Fsp3) is 0.222. The average Bonchev–Trinajstić information content (AvgIpc) is 3.17. The van der Waals surface area contributed by atoms with Gasteiger partial charge in [0.2, 0.25) is 0 Å². The SMILES string of the molecule is NC(=O)c1c(NC(N)O)sc2c1CCc1c-2cnn1Cc1ccccc1Cl. The molecule has 0 aliphatic heterocycles. The van der Waals surface area contributed by atoms with Gasteiger partial charge in [0.1, 0.15) is 5.00 Å². The van der Waals surface area contributed by atoms with Gasteiger partial charge in [-0.25, -0.2) is 0 Å². The molecule has 1 aliphatic carbocycles. The quantitative estimate of drug-likeness (QED) is 0.487. The summed E-state index contributed by atoms with van der Waals surface area (Å²) >= 11 is 7.63. The molecule has 0 saturated heterocycles. The molecule has 1 atom stereocenters. The normalized spacial score (nSPS) is 13.7. The minimum atomic E-state index is -1.27. The van der Waals surface area contributed by atoms with Crippen LogP contribution in [0.5, 0.6) is 0 Å². The molecule has 1 unspecified atom stereocenters. The predicted molar refractivity (Wildman–Crippen MR) is 106 cm³/mol. The van der Waals surface area contributed by atoms with Crippen LogP contribution in [0.25, 0.3) is 10.4 Å². The molecule has 6 N–H and O–H groups in total. The molecule has 0 saturated carbocycles. The van der Waals surface area contributed by atoms with Crippen molar-refractivity contribution < 1.29 is 9.90 Å². The van der Waals surface area contributed by atoms with E-state index in [-0.39, 0.29) is 0 Å². The largest absolute Gasteiger partial charge is 0.365 e. The van der Waals surface area contributed by atoms with Gasteiger partial charge in [0.25, 0.3) is 5.91 Å². The third-order valence-electron chi connectivity index (χ3n) is 4.62. The van der Waals surface area contributed by atoms with E-state index >= 15 is 0 Å². The number of benzene rings is 1. The number of anilines is 1. The van der Waals surface area contributed by atoms with Crippen molar-refractivity contribution in [1.82, 2.24) is 9.78 Å². The molecule has 0 radical (unpaired) electrons. The van der Waals surface area contributed by atoms with Crippen LogP contribution in [0.3, 0.4) is 0 Å². The summed E-state index contributed by atoms with van der Waals surface area (Å²) in [5, 5.41) is 17.9. The Hall–Kier alpha value is -2.39. The van der Waals surface area contributed by atoms with Crippen molar-refractivity contribution in [1.29, 1.82) is 0 Å². The summed E-state index contributed by atoms with van der Waals surface area (Å²) in [6.45, 7) is 0.574. The van der Waals surface area contributed by atoms with Gasteiger partial charge in [-0.15, -0.1) is 11.3 Å². The fourth-order valence-corrected chi connectivity index (χ4v) is 4.96. The van der Waals surface area contributed by atoms with E-state index in [2.05, 4.69) is 10.4 Å². The number of amides is 1. The minimum Gasteiger partial charge on any atom is -0.365 e. The molecular weight excluding hydrogens is 386 g/mol. The Labute approximate surface area is 164 Å². The number of carbonyl (C=O) groups excluding carboxylic acids is 1. The number of nitrogens with zero attached hydrogens (tertiary/aromatic N) is 2. The third kappa shape index (κ3) is 3.21. The van der Waals surface area contributed by atoms with Gasteiger partial charge in [-0.1, -0.05) is 29.8 Å². The topological polar surface area (TPSA) is 119 Å². The number of aliphatic hydroxyl groups excluding tert-OH is 1. The lowest BCUT2D eigenvalue weighted by molar-refractivity contribution is 0.100. The smallest absolute Gasteiger partial charge is 0.251 e. The molecule has 0 bridgehead atoms. The second-order valence-corrected chi connectivity index (χ2v) is 7.75. The first-order valence-corrected chi connectivity index (χ1v) is 9.59. The molecule has 7 nitrogen and oxygen atoms in total. The first-order chi connectivity index (χ1) is 13.0. The van der Waals surface area contributed by atoms with E-state index < -0.39 is 12.3 Å². The highest BCUT2D eigenvalue weighted by atomic mass is 35.5. The molecule has 0 fully saturated rings. The standard InChI is InChI=1S/C18H18ClN5O2S/c19-12-4-2-1-3-9(12)8-24-13-6-5-10-14(16(20)25)17(23-18(21)26)27-15(10)11(13)7-22-24/h1-4,7,18,23,26H,5-6,8,21H2,(H2,20,25). The van der Waals surface area contributed by atoms with Crippen molar-refractivity contribution >= 4 is 33.8 Å². The summed E-state index contributed by atoms with van der Waals surface area (Å²) in [4.78, 5) is 12.9.